The van der Waals surface area contributed by atoms with Crippen molar-refractivity contribution in [2.24, 2.45) is 0 Å². The van der Waals surface area contributed by atoms with E-state index < -0.39 is 11.9 Å². The van der Waals surface area contributed by atoms with E-state index in [1.165, 1.54) is 4.40 Å². The lowest BCUT2D eigenvalue weighted by Crippen LogP contribution is -2.31. The number of carbonyl (C=O) groups is 1. The molecule has 4 heterocycles. The first-order valence-electron chi connectivity index (χ1n) is 8.74. The predicted octanol–water partition coefficient (Wildman–Crippen LogP) is 3.27. The zero-order chi connectivity index (χ0) is 18.4. The molecular formula is C18H20FN5O2. The first-order chi connectivity index (χ1) is 12.5. The number of imidazole rings is 1. The van der Waals surface area contributed by atoms with Gasteiger partial charge in [0.15, 0.2) is 11.5 Å². The highest BCUT2D eigenvalue weighted by Gasteiger charge is 2.37. The molecule has 0 spiro atoms. The highest BCUT2D eigenvalue weighted by molar-refractivity contribution is 5.93. The molecule has 1 fully saturated rings. The number of pyridine rings is 1. The van der Waals surface area contributed by atoms with Gasteiger partial charge in [-0.15, -0.1) is 0 Å². The van der Waals surface area contributed by atoms with Crippen molar-refractivity contribution < 1.29 is 13.7 Å². The maximum atomic E-state index is 14.8. The van der Waals surface area contributed by atoms with Gasteiger partial charge in [0.25, 0.3) is 5.91 Å². The normalized spacial score (nSPS) is 17.6. The summed E-state index contributed by atoms with van der Waals surface area (Å²) in [7, 11) is 0. The number of aryl methyl sites for hydroxylation is 1. The van der Waals surface area contributed by atoms with E-state index in [0.717, 1.165) is 12.0 Å². The van der Waals surface area contributed by atoms with Crippen molar-refractivity contribution in [2.45, 2.75) is 45.6 Å². The summed E-state index contributed by atoms with van der Waals surface area (Å²) >= 11 is 0. The Morgan fingerprint density at radius 3 is 2.88 bits per heavy atom. The van der Waals surface area contributed by atoms with E-state index in [1.807, 2.05) is 26.8 Å². The molecule has 26 heavy (non-hydrogen) atoms. The standard InChI is InChI=1S/C18H20FN5O2/c1-10(2)16-21-17(26-22-16)12-5-4-8-23(12)18(25)14-15(19)24-9-11(3)6-7-13(24)20-14/h6-7,9-10,12H,4-5,8H2,1-3H3/t12-/m1/s1. The van der Waals surface area contributed by atoms with Crippen LogP contribution in [-0.2, 0) is 0 Å². The van der Waals surface area contributed by atoms with Crippen LogP contribution < -0.4 is 0 Å². The number of fused-ring (bicyclic) bond motifs is 1. The summed E-state index contributed by atoms with van der Waals surface area (Å²) in [5, 5.41) is 3.97. The maximum absolute atomic E-state index is 14.8. The van der Waals surface area contributed by atoms with Gasteiger partial charge in [-0.3, -0.25) is 9.20 Å². The summed E-state index contributed by atoms with van der Waals surface area (Å²) in [4.78, 5) is 23.1. The summed E-state index contributed by atoms with van der Waals surface area (Å²) < 4.78 is 21.4. The number of hydrogen-bond acceptors (Lipinski definition) is 5. The summed E-state index contributed by atoms with van der Waals surface area (Å²) in [5.41, 5.74) is 1.12. The zero-order valence-electron chi connectivity index (χ0n) is 14.9. The molecule has 0 aromatic carbocycles. The molecule has 0 radical (unpaired) electrons. The minimum absolute atomic E-state index is 0.136. The summed E-state index contributed by atoms with van der Waals surface area (Å²) in [5.74, 6) is 0.0498. The summed E-state index contributed by atoms with van der Waals surface area (Å²) in [6, 6.07) is 3.19. The molecule has 1 saturated heterocycles. The molecule has 1 aliphatic heterocycles. The van der Waals surface area contributed by atoms with Crippen LogP contribution >= 0.6 is 0 Å². The lowest BCUT2D eigenvalue weighted by molar-refractivity contribution is 0.0699. The van der Waals surface area contributed by atoms with E-state index in [0.29, 0.717) is 30.3 Å². The molecule has 1 amide bonds. The quantitative estimate of drug-likeness (QED) is 0.719. The average Bonchev–Trinajstić information content (AvgIpc) is 3.32. The second-order valence-electron chi connectivity index (χ2n) is 6.99. The third-order valence-corrected chi connectivity index (χ3v) is 4.68. The predicted molar refractivity (Wildman–Crippen MR) is 91.3 cm³/mol. The Morgan fingerprint density at radius 1 is 1.35 bits per heavy atom. The lowest BCUT2D eigenvalue weighted by atomic mass is 10.2. The van der Waals surface area contributed by atoms with Gasteiger partial charge in [0.05, 0.1) is 0 Å². The highest BCUT2D eigenvalue weighted by atomic mass is 19.1. The van der Waals surface area contributed by atoms with Crippen LogP contribution in [0, 0.1) is 12.9 Å². The van der Waals surface area contributed by atoms with Crippen LogP contribution in [0.3, 0.4) is 0 Å². The van der Waals surface area contributed by atoms with Crippen LogP contribution in [0.25, 0.3) is 5.65 Å². The number of nitrogens with zero attached hydrogens (tertiary/aromatic N) is 5. The molecule has 0 bridgehead atoms. The molecular weight excluding hydrogens is 337 g/mol. The van der Waals surface area contributed by atoms with Gasteiger partial charge in [-0.2, -0.15) is 9.37 Å². The number of carbonyl (C=O) groups excluding carboxylic acids is 1. The third-order valence-electron chi connectivity index (χ3n) is 4.68. The molecule has 0 N–H and O–H groups in total. The number of rotatable bonds is 3. The Hall–Kier alpha value is -2.77. The first-order valence-corrected chi connectivity index (χ1v) is 8.74. The molecule has 7 nitrogen and oxygen atoms in total. The molecule has 1 atom stereocenters. The van der Waals surface area contributed by atoms with Crippen molar-refractivity contribution in [3.05, 3.63) is 47.2 Å². The first kappa shape index (κ1) is 16.7. The van der Waals surface area contributed by atoms with Crippen LogP contribution in [-0.4, -0.2) is 36.9 Å². The van der Waals surface area contributed by atoms with Crippen molar-refractivity contribution in [3.8, 4) is 0 Å². The Balaban J connectivity index is 1.67. The number of likely N-dealkylation sites (tertiary alicyclic amines) is 1. The smallest absolute Gasteiger partial charge is 0.277 e. The number of hydrogen-bond donors (Lipinski definition) is 0. The van der Waals surface area contributed by atoms with E-state index in [4.69, 9.17) is 4.52 Å². The van der Waals surface area contributed by atoms with Gasteiger partial charge >= 0.3 is 0 Å². The van der Waals surface area contributed by atoms with E-state index in [-0.39, 0.29) is 17.7 Å². The summed E-state index contributed by atoms with van der Waals surface area (Å²) in [6.45, 7) is 6.31. The fourth-order valence-electron chi connectivity index (χ4n) is 3.28. The lowest BCUT2D eigenvalue weighted by Gasteiger charge is -2.20. The van der Waals surface area contributed by atoms with E-state index in [1.54, 1.807) is 17.2 Å². The molecule has 4 rings (SSSR count). The van der Waals surface area contributed by atoms with E-state index >= 15 is 0 Å². The minimum atomic E-state index is -0.646. The van der Waals surface area contributed by atoms with Crippen molar-refractivity contribution in [1.29, 1.82) is 0 Å². The van der Waals surface area contributed by atoms with Gasteiger partial charge in [-0.25, -0.2) is 4.98 Å². The molecule has 0 saturated carbocycles. The van der Waals surface area contributed by atoms with Crippen LogP contribution in [0.2, 0.25) is 0 Å². The molecule has 8 heteroatoms. The Morgan fingerprint density at radius 2 is 2.15 bits per heavy atom. The van der Waals surface area contributed by atoms with E-state index in [2.05, 4.69) is 15.1 Å². The van der Waals surface area contributed by atoms with Crippen molar-refractivity contribution in [3.63, 3.8) is 0 Å². The molecule has 0 aliphatic carbocycles. The Kier molecular flexibility index (Phi) is 3.97. The monoisotopic (exact) mass is 357 g/mol. The fraction of sp³-hybridized carbons (Fsp3) is 0.444. The SMILES string of the molecule is Cc1ccc2nc(C(=O)N3CCC[C@@H]3c3nc(C(C)C)no3)c(F)n2c1. The number of halogens is 1. The average molecular weight is 357 g/mol. The van der Waals surface area contributed by atoms with Crippen molar-refractivity contribution in [1.82, 2.24) is 24.4 Å². The summed E-state index contributed by atoms with van der Waals surface area (Å²) in [6.07, 6.45) is 3.13. The van der Waals surface area contributed by atoms with Gasteiger partial charge in [-0.05, 0) is 31.4 Å². The van der Waals surface area contributed by atoms with Crippen molar-refractivity contribution in [2.75, 3.05) is 6.54 Å². The van der Waals surface area contributed by atoms with Crippen LogP contribution in [0.1, 0.15) is 66.4 Å². The van der Waals surface area contributed by atoms with Gasteiger partial charge < -0.3 is 9.42 Å². The number of amides is 1. The van der Waals surface area contributed by atoms with Gasteiger partial charge in [-0.1, -0.05) is 25.1 Å². The number of aromatic nitrogens is 4. The van der Waals surface area contributed by atoms with Crippen LogP contribution in [0.5, 0.6) is 0 Å². The van der Waals surface area contributed by atoms with E-state index in [9.17, 15) is 9.18 Å². The molecule has 3 aromatic heterocycles. The van der Waals surface area contributed by atoms with Crippen molar-refractivity contribution >= 4 is 11.6 Å². The molecule has 136 valence electrons. The largest absolute Gasteiger partial charge is 0.337 e. The third kappa shape index (κ3) is 2.65. The zero-order valence-corrected chi connectivity index (χ0v) is 14.9. The van der Waals surface area contributed by atoms with Crippen LogP contribution in [0.4, 0.5) is 4.39 Å². The Labute approximate surface area is 149 Å². The Bertz CT molecular complexity index is 977. The van der Waals surface area contributed by atoms with Gasteiger partial charge in [0, 0.05) is 18.7 Å². The highest BCUT2D eigenvalue weighted by Crippen LogP contribution is 2.33. The molecule has 1 aliphatic rings. The van der Waals surface area contributed by atoms with Gasteiger partial charge in [0.2, 0.25) is 11.8 Å². The maximum Gasteiger partial charge on any atom is 0.277 e. The second-order valence-corrected chi connectivity index (χ2v) is 6.99. The minimum Gasteiger partial charge on any atom is -0.337 e. The topological polar surface area (TPSA) is 76.5 Å². The fourth-order valence-corrected chi connectivity index (χ4v) is 3.28. The second kappa shape index (κ2) is 6.19. The molecule has 3 aromatic rings. The van der Waals surface area contributed by atoms with Crippen LogP contribution in [0.15, 0.2) is 22.9 Å². The molecule has 0 unspecified atom stereocenters. The van der Waals surface area contributed by atoms with Gasteiger partial charge in [0.1, 0.15) is 11.7 Å².